The number of benzene rings is 1. The van der Waals surface area contributed by atoms with Gasteiger partial charge in [0.1, 0.15) is 0 Å². The molecular formula is C14H19NO3. The minimum atomic E-state index is -0.674. The van der Waals surface area contributed by atoms with Crippen LogP contribution >= 0.6 is 0 Å². The van der Waals surface area contributed by atoms with Gasteiger partial charge in [0.2, 0.25) is 5.91 Å². The molecule has 1 aromatic rings. The zero-order valence-corrected chi connectivity index (χ0v) is 10.7. The number of methoxy groups -OCH3 is 1. The van der Waals surface area contributed by atoms with Gasteiger partial charge in [-0.25, -0.2) is 0 Å². The highest BCUT2D eigenvalue weighted by Gasteiger charge is 2.03. The minimum Gasteiger partial charge on any atom is -0.389 e. The Morgan fingerprint density at radius 2 is 2.11 bits per heavy atom. The Balaban J connectivity index is 2.37. The number of aryl methyl sites for hydroxylation is 1. The van der Waals surface area contributed by atoms with Crippen molar-refractivity contribution in [3.63, 3.8) is 0 Å². The van der Waals surface area contributed by atoms with Gasteiger partial charge in [0.05, 0.1) is 12.7 Å². The summed E-state index contributed by atoms with van der Waals surface area (Å²) in [7, 11) is 1.50. The molecule has 0 aliphatic rings. The molecule has 0 fully saturated rings. The van der Waals surface area contributed by atoms with Crippen molar-refractivity contribution in [2.24, 2.45) is 0 Å². The Kier molecular flexibility index (Phi) is 6.11. The van der Waals surface area contributed by atoms with Crippen molar-refractivity contribution in [3.8, 4) is 0 Å². The number of hydrogen-bond acceptors (Lipinski definition) is 3. The van der Waals surface area contributed by atoms with E-state index in [0.717, 1.165) is 5.56 Å². The van der Waals surface area contributed by atoms with E-state index in [2.05, 4.69) is 5.32 Å². The molecule has 0 radical (unpaired) electrons. The molecule has 0 aliphatic carbocycles. The van der Waals surface area contributed by atoms with Crippen LogP contribution in [0.15, 0.2) is 30.3 Å². The van der Waals surface area contributed by atoms with E-state index >= 15 is 0 Å². The molecule has 0 saturated heterocycles. The fourth-order valence-corrected chi connectivity index (χ4v) is 1.38. The van der Waals surface area contributed by atoms with Crippen LogP contribution in [-0.2, 0) is 9.53 Å². The molecule has 1 aromatic carbocycles. The van der Waals surface area contributed by atoms with E-state index in [0.29, 0.717) is 0 Å². The van der Waals surface area contributed by atoms with Gasteiger partial charge in [-0.2, -0.15) is 0 Å². The molecule has 1 unspecified atom stereocenters. The zero-order chi connectivity index (χ0) is 13.4. The Morgan fingerprint density at radius 1 is 1.44 bits per heavy atom. The van der Waals surface area contributed by atoms with Crippen LogP contribution < -0.4 is 5.32 Å². The maximum atomic E-state index is 11.4. The molecule has 2 N–H and O–H groups in total. The van der Waals surface area contributed by atoms with Crippen LogP contribution in [0.25, 0.3) is 6.08 Å². The van der Waals surface area contributed by atoms with E-state index in [1.165, 1.54) is 18.7 Å². The van der Waals surface area contributed by atoms with Crippen molar-refractivity contribution in [1.82, 2.24) is 5.32 Å². The van der Waals surface area contributed by atoms with Crippen molar-refractivity contribution in [2.45, 2.75) is 13.0 Å². The summed E-state index contributed by atoms with van der Waals surface area (Å²) in [5.74, 6) is -0.231. The minimum absolute atomic E-state index is 0.185. The lowest BCUT2D eigenvalue weighted by atomic mass is 10.1. The first-order valence-corrected chi connectivity index (χ1v) is 5.81. The lowest BCUT2D eigenvalue weighted by Gasteiger charge is -2.08. The van der Waals surface area contributed by atoms with E-state index < -0.39 is 6.10 Å². The highest BCUT2D eigenvalue weighted by Crippen LogP contribution is 2.04. The number of carbonyl (C=O) groups excluding carboxylic acids is 1. The topological polar surface area (TPSA) is 58.6 Å². The summed E-state index contributed by atoms with van der Waals surface area (Å²) in [5, 5.41) is 11.9. The largest absolute Gasteiger partial charge is 0.389 e. The van der Waals surface area contributed by atoms with Crippen molar-refractivity contribution < 1.29 is 14.6 Å². The maximum absolute atomic E-state index is 11.4. The number of hydrogen-bond donors (Lipinski definition) is 2. The highest BCUT2D eigenvalue weighted by atomic mass is 16.5. The average molecular weight is 249 g/mol. The van der Waals surface area contributed by atoms with Gasteiger partial charge in [0.25, 0.3) is 0 Å². The predicted octanol–water partition coefficient (Wildman–Crippen LogP) is 1.13. The molecule has 0 heterocycles. The maximum Gasteiger partial charge on any atom is 0.244 e. The van der Waals surface area contributed by atoms with E-state index in [1.54, 1.807) is 6.08 Å². The van der Waals surface area contributed by atoms with Gasteiger partial charge in [0.15, 0.2) is 0 Å². The van der Waals surface area contributed by atoms with Gasteiger partial charge < -0.3 is 15.2 Å². The number of aliphatic hydroxyl groups excluding tert-OH is 1. The summed E-state index contributed by atoms with van der Waals surface area (Å²) in [6.45, 7) is 2.41. The first-order valence-electron chi connectivity index (χ1n) is 5.81. The van der Waals surface area contributed by atoms with Crippen molar-refractivity contribution in [1.29, 1.82) is 0 Å². The average Bonchev–Trinajstić information content (AvgIpc) is 2.36. The fraction of sp³-hybridized carbons (Fsp3) is 0.357. The van der Waals surface area contributed by atoms with Crippen LogP contribution in [-0.4, -0.2) is 37.4 Å². The molecular weight excluding hydrogens is 230 g/mol. The lowest BCUT2D eigenvalue weighted by Crippen LogP contribution is -2.33. The van der Waals surface area contributed by atoms with Gasteiger partial charge in [0, 0.05) is 19.7 Å². The monoisotopic (exact) mass is 249 g/mol. The molecule has 1 rings (SSSR count). The zero-order valence-electron chi connectivity index (χ0n) is 10.7. The lowest BCUT2D eigenvalue weighted by molar-refractivity contribution is -0.117. The molecule has 1 atom stereocenters. The van der Waals surface area contributed by atoms with Crippen LogP contribution in [0, 0.1) is 6.92 Å². The smallest absolute Gasteiger partial charge is 0.244 e. The second-order valence-electron chi connectivity index (χ2n) is 4.10. The first-order chi connectivity index (χ1) is 8.61. The second-order valence-corrected chi connectivity index (χ2v) is 4.10. The summed E-state index contributed by atoms with van der Waals surface area (Å²) in [6, 6.07) is 7.86. The number of rotatable bonds is 6. The molecule has 4 nitrogen and oxygen atoms in total. The Hall–Kier alpha value is -1.65. The molecule has 0 bridgehead atoms. The Bertz CT molecular complexity index is 398. The highest BCUT2D eigenvalue weighted by molar-refractivity contribution is 5.91. The molecule has 0 saturated carbocycles. The number of amides is 1. The summed E-state index contributed by atoms with van der Waals surface area (Å²) in [4.78, 5) is 11.4. The van der Waals surface area contributed by atoms with E-state index in [-0.39, 0.29) is 19.1 Å². The van der Waals surface area contributed by atoms with Crippen molar-refractivity contribution in [2.75, 3.05) is 20.3 Å². The number of carbonyl (C=O) groups is 1. The van der Waals surface area contributed by atoms with E-state index in [4.69, 9.17) is 4.74 Å². The number of aliphatic hydroxyl groups is 1. The molecule has 18 heavy (non-hydrogen) atoms. The van der Waals surface area contributed by atoms with E-state index in [1.807, 2.05) is 31.2 Å². The third-order valence-electron chi connectivity index (χ3n) is 2.38. The molecule has 98 valence electrons. The van der Waals surface area contributed by atoms with E-state index in [9.17, 15) is 9.90 Å². The van der Waals surface area contributed by atoms with Crippen LogP contribution in [0.2, 0.25) is 0 Å². The quantitative estimate of drug-likeness (QED) is 0.743. The van der Waals surface area contributed by atoms with Crippen molar-refractivity contribution in [3.05, 3.63) is 41.5 Å². The van der Waals surface area contributed by atoms with Crippen LogP contribution in [0.4, 0.5) is 0 Å². The summed E-state index contributed by atoms with van der Waals surface area (Å²) in [5.41, 5.74) is 2.15. The van der Waals surface area contributed by atoms with Gasteiger partial charge in [-0.3, -0.25) is 4.79 Å². The van der Waals surface area contributed by atoms with Gasteiger partial charge in [-0.05, 0) is 18.6 Å². The fourth-order valence-electron chi connectivity index (χ4n) is 1.38. The second kappa shape index (κ2) is 7.63. The van der Waals surface area contributed by atoms with Crippen LogP contribution in [0.5, 0.6) is 0 Å². The van der Waals surface area contributed by atoms with Crippen LogP contribution in [0.3, 0.4) is 0 Å². The normalized spacial score (nSPS) is 12.6. The summed E-state index contributed by atoms with van der Waals surface area (Å²) in [6.07, 6.45) is 2.51. The molecule has 0 spiro atoms. The molecule has 4 heteroatoms. The molecule has 0 aliphatic heterocycles. The molecule has 0 aromatic heterocycles. The van der Waals surface area contributed by atoms with Crippen molar-refractivity contribution >= 4 is 12.0 Å². The number of ether oxygens (including phenoxy) is 1. The Morgan fingerprint density at radius 3 is 2.72 bits per heavy atom. The SMILES string of the molecule is COCC(O)CNC(=O)/C=C/c1ccc(C)cc1. The van der Waals surface area contributed by atoms with Gasteiger partial charge in [-0.1, -0.05) is 29.8 Å². The summed E-state index contributed by atoms with van der Waals surface area (Å²) < 4.78 is 4.76. The summed E-state index contributed by atoms with van der Waals surface area (Å²) >= 11 is 0. The third-order valence-corrected chi connectivity index (χ3v) is 2.38. The van der Waals surface area contributed by atoms with Gasteiger partial charge >= 0.3 is 0 Å². The Labute approximate surface area is 107 Å². The predicted molar refractivity (Wildman–Crippen MR) is 71.1 cm³/mol. The third kappa shape index (κ3) is 5.61. The standard InChI is InChI=1S/C14H19NO3/c1-11-3-5-12(6-4-11)7-8-14(17)15-9-13(16)10-18-2/h3-8,13,16H,9-10H2,1-2H3,(H,15,17)/b8-7+. The molecule has 1 amide bonds. The first kappa shape index (κ1) is 14.4. The van der Waals surface area contributed by atoms with Crippen LogP contribution in [0.1, 0.15) is 11.1 Å². The number of nitrogens with one attached hydrogen (secondary N) is 1. The van der Waals surface area contributed by atoms with Gasteiger partial charge in [-0.15, -0.1) is 0 Å².